The van der Waals surface area contributed by atoms with Crippen LogP contribution in [-0.2, 0) is 16.0 Å². The fourth-order valence-electron chi connectivity index (χ4n) is 2.95. The summed E-state index contributed by atoms with van der Waals surface area (Å²) in [6.07, 6.45) is 3.73. The first-order valence-corrected chi connectivity index (χ1v) is 8.07. The van der Waals surface area contributed by atoms with E-state index in [1.54, 1.807) is 25.3 Å². The normalized spacial score (nSPS) is 20.2. The molecule has 0 aromatic heterocycles. The van der Waals surface area contributed by atoms with Crippen molar-refractivity contribution < 1.29 is 9.53 Å². The highest BCUT2D eigenvalue weighted by Crippen LogP contribution is 2.43. The molecular weight excluding hydrogens is 307 g/mol. The number of hydrogen-bond donors (Lipinski definition) is 0. The number of methoxy groups -OCH3 is 1. The topological polar surface area (TPSA) is 26.3 Å². The molecule has 0 unspecified atom stereocenters. The number of ketones is 1. The number of Topliss-reactive ketones (excluding diaryl/α,β-unsaturated/α-hetero) is 1. The number of rotatable bonds is 4. The summed E-state index contributed by atoms with van der Waals surface area (Å²) in [5.41, 5.74) is 0.301. The number of hydrogen-bond acceptors (Lipinski definition) is 2. The molecule has 0 aliphatic heterocycles. The van der Waals surface area contributed by atoms with Crippen LogP contribution in [0.1, 0.15) is 45.1 Å². The lowest BCUT2D eigenvalue weighted by Crippen LogP contribution is -2.46. The summed E-state index contributed by atoms with van der Waals surface area (Å²) in [7, 11) is 1.63. The number of ether oxygens (including phenoxy) is 1. The number of benzene rings is 1. The van der Waals surface area contributed by atoms with Crippen molar-refractivity contribution in [3.63, 3.8) is 0 Å². The van der Waals surface area contributed by atoms with Gasteiger partial charge in [-0.1, -0.05) is 43.1 Å². The highest BCUT2D eigenvalue weighted by molar-refractivity contribution is 6.36. The molecule has 21 heavy (non-hydrogen) atoms. The maximum Gasteiger partial charge on any atom is 0.169 e. The van der Waals surface area contributed by atoms with Crippen LogP contribution in [0.2, 0.25) is 10.0 Å². The lowest BCUT2D eigenvalue weighted by molar-refractivity contribution is -0.147. The molecule has 4 heteroatoms. The van der Waals surface area contributed by atoms with Crippen molar-refractivity contribution in [2.45, 2.75) is 51.6 Å². The van der Waals surface area contributed by atoms with Gasteiger partial charge in [0.2, 0.25) is 0 Å². The van der Waals surface area contributed by atoms with Crippen LogP contribution in [0, 0.1) is 5.41 Å². The van der Waals surface area contributed by atoms with Crippen LogP contribution in [0.15, 0.2) is 18.2 Å². The molecule has 0 bridgehead atoms. The second kappa shape index (κ2) is 6.28. The summed E-state index contributed by atoms with van der Waals surface area (Å²) in [5.74, 6) is 0.0792. The summed E-state index contributed by atoms with van der Waals surface area (Å²) in [6.45, 7) is 4.48. The molecule has 1 saturated carbocycles. The van der Waals surface area contributed by atoms with Gasteiger partial charge in [-0.25, -0.2) is 0 Å². The van der Waals surface area contributed by atoms with Gasteiger partial charge >= 0.3 is 0 Å². The molecule has 0 N–H and O–H groups in total. The quantitative estimate of drug-likeness (QED) is 0.769. The van der Waals surface area contributed by atoms with Crippen molar-refractivity contribution in [3.8, 4) is 0 Å². The summed E-state index contributed by atoms with van der Waals surface area (Å²) < 4.78 is 5.65. The minimum Gasteiger partial charge on any atom is -0.370 e. The Labute approximate surface area is 136 Å². The first kappa shape index (κ1) is 16.8. The van der Waals surface area contributed by atoms with E-state index in [9.17, 15) is 4.79 Å². The third-order valence-electron chi connectivity index (χ3n) is 4.71. The second-order valence-electron chi connectivity index (χ2n) is 6.66. The molecule has 0 radical (unpaired) electrons. The Bertz CT molecular complexity index is 507. The third kappa shape index (κ3) is 3.61. The number of carbonyl (C=O) groups is 1. The van der Waals surface area contributed by atoms with Gasteiger partial charge in [0, 0.05) is 23.6 Å². The van der Waals surface area contributed by atoms with E-state index in [4.69, 9.17) is 27.9 Å². The van der Waals surface area contributed by atoms with Crippen molar-refractivity contribution in [1.82, 2.24) is 0 Å². The van der Waals surface area contributed by atoms with Crippen LogP contribution >= 0.6 is 23.2 Å². The van der Waals surface area contributed by atoms with Gasteiger partial charge in [0.1, 0.15) is 5.60 Å². The Balaban J connectivity index is 2.18. The van der Waals surface area contributed by atoms with E-state index in [1.807, 2.05) is 0 Å². The maximum absolute atomic E-state index is 12.8. The molecule has 1 aromatic rings. The molecule has 116 valence electrons. The highest BCUT2D eigenvalue weighted by atomic mass is 35.5. The van der Waals surface area contributed by atoms with Gasteiger partial charge < -0.3 is 4.74 Å². The van der Waals surface area contributed by atoms with Gasteiger partial charge in [-0.15, -0.1) is 0 Å². The molecule has 0 spiro atoms. The average molecular weight is 329 g/mol. The monoisotopic (exact) mass is 328 g/mol. The van der Waals surface area contributed by atoms with Crippen LogP contribution in [-0.4, -0.2) is 18.5 Å². The van der Waals surface area contributed by atoms with Gasteiger partial charge in [0.05, 0.1) is 0 Å². The Morgan fingerprint density at radius 3 is 2.14 bits per heavy atom. The third-order valence-corrected chi connectivity index (χ3v) is 5.42. The number of carbonyl (C=O) groups excluding carboxylic acids is 1. The van der Waals surface area contributed by atoms with Crippen molar-refractivity contribution in [2.24, 2.45) is 5.41 Å². The van der Waals surface area contributed by atoms with E-state index in [0.717, 1.165) is 25.7 Å². The van der Waals surface area contributed by atoms with Crippen LogP contribution in [0.5, 0.6) is 0 Å². The summed E-state index contributed by atoms with van der Waals surface area (Å²) in [4.78, 5) is 12.8. The lowest BCUT2D eigenvalue weighted by Gasteiger charge is -2.41. The van der Waals surface area contributed by atoms with E-state index >= 15 is 0 Å². The van der Waals surface area contributed by atoms with Crippen LogP contribution < -0.4 is 0 Å². The van der Waals surface area contributed by atoms with Gasteiger partial charge in [-0.05, 0) is 48.8 Å². The van der Waals surface area contributed by atoms with Crippen molar-refractivity contribution in [1.29, 1.82) is 0 Å². The lowest BCUT2D eigenvalue weighted by atomic mass is 9.69. The Morgan fingerprint density at radius 1 is 1.14 bits per heavy atom. The van der Waals surface area contributed by atoms with Crippen LogP contribution in [0.25, 0.3) is 0 Å². The van der Waals surface area contributed by atoms with Crippen LogP contribution in [0.3, 0.4) is 0 Å². The fourth-order valence-corrected chi connectivity index (χ4v) is 3.48. The first-order valence-electron chi connectivity index (χ1n) is 7.31. The maximum atomic E-state index is 12.8. The standard InChI is InChI=1S/C17H22Cl2O2/c1-16(2)7-9-17(21-3,10-8-16)15(20)11-12-13(18)5-4-6-14(12)19/h4-6H,7-11H2,1-3H3. The molecule has 2 rings (SSSR count). The van der Waals surface area contributed by atoms with Crippen LogP contribution in [0.4, 0.5) is 0 Å². The zero-order valence-corrected chi connectivity index (χ0v) is 14.4. The predicted molar refractivity (Wildman–Crippen MR) is 87.2 cm³/mol. The Morgan fingerprint density at radius 2 is 1.67 bits per heavy atom. The smallest absolute Gasteiger partial charge is 0.169 e. The Hall–Kier alpha value is -0.570. The summed E-state index contributed by atoms with van der Waals surface area (Å²) in [5, 5.41) is 1.08. The molecule has 0 amide bonds. The van der Waals surface area contributed by atoms with E-state index < -0.39 is 5.60 Å². The molecule has 1 fully saturated rings. The molecule has 0 atom stereocenters. The van der Waals surface area contributed by atoms with Crippen molar-refractivity contribution in [2.75, 3.05) is 7.11 Å². The highest BCUT2D eigenvalue weighted by Gasteiger charge is 2.43. The van der Waals surface area contributed by atoms with E-state index in [0.29, 0.717) is 15.6 Å². The van der Waals surface area contributed by atoms with Gasteiger partial charge in [-0.3, -0.25) is 4.79 Å². The SMILES string of the molecule is COC1(C(=O)Cc2c(Cl)cccc2Cl)CCC(C)(C)CC1. The molecule has 1 aliphatic carbocycles. The molecule has 2 nitrogen and oxygen atoms in total. The molecule has 1 aliphatic rings. The molecular formula is C17H22Cl2O2. The summed E-state index contributed by atoms with van der Waals surface area (Å²) >= 11 is 12.3. The summed E-state index contributed by atoms with van der Waals surface area (Å²) in [6, 6.07) is 5.31. The second-order valence-corrected chi connectivity index (χ2v) is 7.48. The van der Waals surface area contributed by atoms with Crippen molar-refractivity contribution >= 4 is 29.0 Å². The Kier molecular flexibility index (Phi) is 5.02. The predicted octanol–water partition coefficient (Wildman–Crippen LogP) is 5.09. The van der Waals surface area contributed by atoms with Gasteiger partial charge in [0.15, 0.2) is 5.78 Å². The molecule has 0 saturated heterocycles. The van der Waals surface area contributed by atoms with Gasteiger partial charge in [-0.2, -0.15) is 0 Å². The minimum absolute atomic E-state index is 0.0792. The van der Waals surface area contributed by atoms with E-state index in [-0.39, 0.29) is 17.6 Å². The number of halogens is 2. The zero-order valence-electron chi connectivity index (χ0n) is 12.8. The van der Waals surface area contributed by atoms with E-state index in [2.05, 4.69) is 13.8 Å². The van der Waals surface area contributed by atoms with Gasteiger partial charge in [0.25, 0.3) is 0 Å². The largest absolute Gasteiger partial charge is 0.370 e. The van der Waals surface area contributed by atoms with E-state index in [1.165, 1.54) is 0 Å². The fraction of sp³-hybridized carbons (Fsp3) is 0.588. The minimum atomic E-state index is -0.683. The zero-order chi connectivity index (χ0) is 15.7. The molecule has 1 aromatic carbocycles. The first-order chi connectivity index (χ1) is 9.80. The molecule has 0 heterocycles. The van der Waals surface area contributed by atoms with Crippen molar-refractivity contribution in [3.05, 3.63) is 33.8 Å². The average Bonchev–Trinajstić information content (AvgIpc) is 2.43.